The molecule has 2 atom stereocenters. The minimum atomic E-state index is -0.989. The van der Waals surface area contributed by atoms with Crippen molar-refractivity contribution in [2.24, 2.45) is 0 Å². The van der Waals surface area contributed by atoms with Crippen LogP contribution in [0.2, 0.25) is 0 Å². The third-order valence-corrected chi connectivity index (χ3v) is 5.37. The summed E-state index contributed by atoms with van der Waals surface area (Å²) >= 11 is 0. The smallest absolute Gasteiger partial charge is 0.328 e. The number of ether oxygens (including phenoxy) is 3. The van der Waals surface area contributed by atoms with Crippen LogP contribution in [0.25, 0.3) is 0 Å². The van der Waals surface area contributed by atoms with E-state index in [2.05, 4.69) is 10.6 Å². The summed E-state index contributed by atoms with van der Waals surface area (Å²) in [5, 5.41) is 5.50. The number of piperazine rings is 1. The number of carbonyl (C=O) groups is 4. The predicted molar refractivity (Wildman–Crippen MR) is 123 cm³/mol. The van der Waals surface area contributed by atoms with E-state index in [1.165, 1.54) is 24.0 Å². The first-order chi connectivity index (χ1) is 16.2. The monoisotopic (exact) mass is 478 g/mol. The van der Waals surface area contributed by atoms with Crippen LogP contribution in [0.4, 0.5) is 4.79 Å². The van der Waals surface area contributed by atoms with Gasteiger partial charge in [-0.2, -0.15) is 0 Å². The van der Waals surface area contributed by atoms with Crippen LogP contribution >= 0.6 is 0 Å². The number of benzene rings is 1. The van der Waals surface area contributed by atoms with E-state index >= 15 is 0 Å². The molecule has 0 aliphatic carbocycles. The van der Waals surface area contributed by atoms with Gasteiger partial charge in [-0.05, 0) is 31.5 Å². The van der Waals surface area contributed by atoms with E-state index in [-0.39, 0.29) is 50.6 Å². The predicted octanol–water partition coefficient (Wildman–Crippen LogP) is 0.173. The molecule has 1 aliphatic heterocycles. The second-order valence-corrected chi connectivity index (χ2v) is 8.22. The summed E-state index contributed by atoms with van der Waals surface area (Å²) in [5.74, 6) is -0.896. The number of methoxy groups -OCH3 is 3. The number of carbonyl (C=O) groups excluding carboxylic acids is 4. The average Bonchev–Trinajstić information content (AvgIpc) is 2.82. The summed E-state index contributed by atoms with van der Waals surface area (Å²) in [7, 11) is 4.18. The molecule has 1 aliphatic rings. The summed E-state index contributed by atoms with van der Waals surface area (Å²) in [5.41, 5.74) is 0.783. The van der Waals surface area contributed by atoms with Crippen LogP contribution in [0.15, 0.2) is 24.3 Å². The molecule has 2 rings (SSSR count). The van der Waals surface area contributed by atoms with E-state index in [0.717, 1.165) is 5.56 Å². The van der Waals surface area contributed by atoms with E-state index in [0.29, 0.717) is 5.75 Å². The molecular weight excluding hydrogens is 444 g/mol. The van der Waals surface area contributed by atoms with Crippen molar-refractivity contribution >= 4 is 23.8 Å². The summed E-state index contributed by atoms with van der Waals surface area (Å²) in [6, 6.07) is 4.70. The van der Waals surface area contributed by atoms with Gasteiger partial charge >= 0.3 is 12.0 Å². The van der Waals surface area contributed by atoms with Crippen molar-refractivity contribution < 1.29 is 33.4 Å². The number of nitrogens with one attached hydrogen (secondary N) is 2. The quantitative estimate of drug-likeness (QED) is 0.485. The van der Waals surface area contributed by atoms with Gasteiger partial charge in [0.05, 0.1) is 20.8 Å². The normalized spacial score (nSPS) is 16.6. The van der Waals surface area contributed by atoms with Gasteiger partial charge in [0.15, 0.2) is 0 Å². The summed E-state index contributed by atoms with van der Waals surface area (Å²) in [6.07, 6.45) is 0.179. The van der Waals surface area contributed by atoms with Crippen molar-refractivity contribution in [1.29, 1.82) is 0 Å². The average molecular weight is 479 g/mol. The Kier molecular flexibility index (Phi) is 10.1. The Labute approximate surface area is 199 Å². The van der Waals surface area contributed by atoms with Gasteiger partial charge < -0.3 is 34.6 Å². The Morgan fingerprint density at radius 2 is 1.71 bits per heavy atom. The zero-order chi connectivity index (χ0) is 25.3. The molecule has 11 nitrogen and oxygen atoms in total. The molecule has 11 heteroatoms. The molecule has 1 aromatic rings. The van der Waals surface area contributed by atoms with Crippen LogP contribution in [0.1, 0.15) is 19.4 Å². The first kappa shape index (κ1) is 26.9. The van der Waals surface area contributed by atoms with Crippen LogP contribution in [0.3, 0.4) is 0 Å². The highest BCUT2D eigenvalue weighted by atomic mass is 16.5. The minimum absolute atomic E-state index is 0.0176. The molecule has 1 heterocycles. The van der Waals surface area contributed by atoms with Crippen LogP contribution < -0.4 is 15.4 Å². The maximum Gasteiger partial charge on any atom is 0.328 e. The molecule has 34 heavy (non-hydrogen) atoms. The maximum absolute atomic E-state index is 13.3. The van der Waals surface area contributed by atoms with E-state index in [9.17, 15) is 19.2 Å². The number of hydrogen-bond acceptors (Lipinski definition) is 7. The summed E-state index contributed by atoms with van der Waals surface area (Å²) in [4.78, 5) is 53.7. The Morgan fingerprint density at radius 3 is 2.26 bits per heavy atom. The Morgan fingerprint density at radius 1 is 1.03 bits per heavy atom. The van der Waals surface area contributed by atoms with Gasteiger partial charge in [-0.25, -0.2) is 9.59 Å². The standard InChI is InChI=1S/C23H34N4O7/c1-15(2)24-23(31)26-10-11-27(20(28)14-32-3)19(13-26)21(29)25-18(22(30)34-5)12-16-6-8-17(33-4)9-7-16/h6-9,15,18-19H,10-14H2,1-5H3,(H,24,31)(H,25,29)/t18-,19-/m0/s1. The van der Waals surface area contributed by atoms with Gasteiger partial charge in [0.2, 0.25) is 11.8 Å². The van der Waals surface area contributed by atoms with Crippen molar-refractivity contribution in [2.75, 3.05) is 47.6 Å². The lowest BCUT2D eigenvalue weighted by atomic mass is 10.0. The number of rotatable bonds is 9. The minimum Gasteiger partial charge on any atom is -0.497 e. The third-order valence-electron chi connectivity index (χ3n) is 5.37. The third kappa shape index (κ3) is 7.34. The zero-order valence-electron chi connectivity index (χ0n) is 20.3. The topological polar surface area (TPSA) is 127 Å². The fraction of sp³-hybridized carbons (Fsp3) is 0.565. The molecule has 0 saturated carbocycles. The molecule has 0 spiro atoms. The molecule has 1 aromatic carbocycles. The molecule has 0 unspecified atom stereocenters. The fourth-order valence-electron chi connectivity index (χ4n) is 3.64. The lowest BCUT2D eigenvalue weighted by Gasteiger charge is -2.41. The molecule has 0 aromatic heterocycles. The van der Waals surface area contributed by atoms with Crippen LogP contribution in [-0.2, 0) is 30.3 Å². The molecular formula is C23H34N4O7. The Bertz CT molecular complexity index is 859. The number of hydrogen-bond donors (Lipinski definition) is 2. The summed E-state index contributed by atoms with van der Waals surface area (Å²) in [6.45, 7) is 3.88. The van der Waals surface area contributed by atoms with Crippen molar-refractivity contribution in [1.82, 2.24) is 20.4 Å². The lowest BCUT2D eigenvalue weighted by molar-refractivity contribution is -0.149. The highest BCUT2D eigenvalue weighted by molar-refractivity contribution is 5.92. The number of esters is 1. The van der Waals surface area contributed by atoms with Crippen LogP contribution in [-0.4, -0.2) is 99.3 Å². The SMILES string of the molecule is COCC(=O)N1CCN(C(=O)NC(C)C)C[C@H]1C(=O)N[C@@H](Cc1ccc(OC)cc1)C(=O)OC. The van der Waals surface area contributed by atoms with E-state index < -0.39 is 24.0 Å². The van der Waals surface area contributed by atoms with E-state index in [1.54, 1.807) is 31.4 Å². The van der Waals surface area contributed by atoms with Crippen molar-refractivity contribution in [3.05, 3.63) is 29.8 Å². The van der Waals surface area contributed by atoms with Crippen LogP contribution in [0.5, 0.6) is 5.75 Å². The lowest BCUT2D eigenvalue weighted by Crippen LogP contribution is -2.64. The van der Waals surface area contributed by atoms with Gasteiger partial charge in [-0.3, -0.25) is 9.59 Å². The zero-order valence-corrected chi connectivity index (χ0v) is 20.3. The van der Waals surface area contributed by atoms with Gasteiger partial charge in [0.1, 0.15) is 24.4 Å². The van der Waals surface area contributed by atoms with Gasteiger partial charge in [-0.1, -0.05) is 12.1 Å². The highest BCUT2D eigenvalue weighted by Gasteiger charge is 2.38. The van der Waals surface area contributed by atoms with Crippen molar-refractivity contribution in [3.8, 4) is 5.75 Å². The second-order valence-electron chi connectivity index (χ2n) is 8.22. The molecule has 2 N–H and O–H groups in total. The first-order valence-corrected chi connectivity index (χ1v) is 11.0. The van der Waals surface area contributed by atoms with E-state index in [1.807, 2.05) is 13.8 Å². The molecule has 1 saturated heterocycles. The largest absolute Gasteiger partial charge is 0.497 e. The molecule has 188 valence electrons. The Balaban J connectivity index is 2.21. The van der Waals surface area contributed by atoms with Gasteiger partial charge in [0.25, 0.3) is 0 Å². The summed E-state index contributed by atoms with van der Waals surface area (Å²) < 4.78 is 15.0. The fourth-order valence-corrected chi connectivity index (χ4v) is 3.64. The number of urea groups is 1. The van der Waals surface area contributed by atoms with Crippen molar-refractivity contribution in [2.45, 2.75) is 38.4 Å². The Hall–Kier alpha value is -3.34. The maximum atomic E-state index is 13.3. The van der Waals surface area contributed by atoms with Crippen LogP contribution in [0, 0.1) is 0 Å². The van der Waals surface area contributed by atoms with Gasteiger partial charge in [0, 0.05) is 32.7 Å². The van der Waals surface area contributed by atoms with Gasteiger partial charge in [-0.15, -0.1) is 0 Å². The molecule has 0 radical (unpaired) electrons. The molecule has 1 fully saturated rings. The van der Waals surface area contributed by atoms with E-state index in [4.69, 9.17) is 14.2 Å². The second kappa shape index (κ2) is 12.8. The molecule has 0 bridgehead atoms. The molecule has 4 amide bonds. The number of amides is 4. The highest BCUT2D eigenvalue weighted by Crippen LogP contribution is 2.15. The number of nitrogens with zero attached hydrogens (tertiary/aromatic N) is 2. The first-order valence-electron chi connectivity index (χ1n) is 11.0. The van der Waals surface area contributed by atoms with Crippen molar-refractivity contribution in [3.63, 3.8) is 0 Å².